The van der Waals surface area contributed by atoms with E-state index in [-0.39, 0.29) is 12.1 Å². The van der Waals surface area contributed by atoms with E-state index in [0.717, 1.165) is 23.3 Å². The summed E-state index contributed by atoms with van der Waals surface area (Å²) in [5.41, 5.74) is 1.23. The first-order valence-corrected chi connectivity index (χ1v) is 8.27. The van der Waals surface area contributed by atoms with Crippen molar-refractivity contribution in [1.82, 2.24) is 10.2 Å². The minimum atomic E-state index is -4.71. The van der Waals surface area contributed by atoms with Crippen LogP contribution >= 0.6 is 0 Å². The van der Waals surface area contributed by atoms with Crippen molar-refractivity contribution in [3.05, 3.63) is 35.1 Å². The van der Waals surface area contributed by atoms with E-state index < -0.39 is 48.9 Å². The van der Waals surface area contributed by atoms with Gasteiger partial charge in [-0.05, 0) is 30.4 Å². The molecule has 2 amide bonds. The molecule has 5 nitrogen and oxygen atoms in total. The standard InChI is InChI=1S/C17H18F4N2O3/c18-14-4-3-10(9-1-2-9)5-11(14)6-22-16(26)23-7-12(15(24)25)13(8-23)17(19,20)21/h3-5,9,12-13H,1-2,6-8H2,(H,22,26)(H,24,25)/t12-,13-/m1/s1. The lowest BCUT2D eigenvalue weighted by atomic mass is 9.96. The molecule has 1 aliphatic heterocycles. The van der Waals surface area contributed by atoms with Crippen LogP contribution in [0, 0.1) is 17.7 Å². The van der Waals surface area contributed by atoms with Crippen LogP contribution in [0.2, 0.25) is 0 Å². The first-order chi connectivity index (χ1) is 12.2. The summed E-state index contributed by atoms with van der Waals surface area (Å²) in [6, 6.07) is 3.81. The highest BCUT2D eigenvalue weighted by Crippen LogP contribution is 2.40. The van der Waals surface area contributed by atoms with E-state index in [1.807, 2.05) is 0 Å². The van der Waals surface area contributed by atoms with Crippen molar-refractivity contribution in [3.63, 3.8) is 0 Å². The Labute approximate surface area is 147 Å². The zero-order valence-electron chi connectivity index (χ0n) is 13.7. The van der Waals surface area contributed by atoms with Crippen LogP contribution in [0.4, 0.5) is 22.4 Å². The molecule has 142 valence electrons. The number of likely N-dealkylation sites (tertiary alicyclic amines) is 1. The molecule has 1 aromatic carbocycles. The molecule has 1 saturated carbocycles. The number of amides is 2. The van der Waals surface area contributed by atoms with Gasteiger partial charge in [-0.1, -0.05) is 12.1 Å². The van der Waals surface area contributed by atoms with Gasteiger partial charge >= 0.3 is 18.2 Å². The summed E-state index contributed by atoms with van der Waals surface area (Å²) in [6.45, 7) is -1.43. The lowest BCUT2D eigenvalue weighted by Crippen LogP contribution is -2.39. The quantitative estimate of drug-likeness (QED) is 0.796. The number of nitrogens with zero attached hydrogens (tertiary/aromatic N) is 1. The van der Waals surface area contributed by atoms with Gasteiger partial charge in [0.1, 0.15) is 5.82 Å². The zero-order chi connectivity index (χ0) is 19.1. The Bertz CT molecular complexity index is 718. The van der Waals surface area contributed by atoms with Crippen LogP contribution < -0.4 is 5.32 Å². The number of rotatable bonds is 4. The first kappa shape index (κ1) is 18.5. The number of carbonyl (C=O) groups excluding carboxylic acids is 1. The molecule has 1 saturated heterocycles. The van der Waals surface area contributed by atoms with E-state index in [0.29, 0.717) is 5.92 Å². The number of aliphatic carboxylic acids is 1. The maximum Gasteiger partial charge on any atom is 0.394 e. The predicted octanol–water partition coefficient (Wildman–Crippen LogP) is 3.11. The molecule has 0 radical (unpaired) electrons. The highest BCUT2D eigenvalue weighted by molar-refractivity contribution is 5.77. The van der Waals surface area contributed by atoms with Crippen LogP contribution in [0.3, 0.4) is 0 Å². The first-order valence-electron chi connectivity index (χ1n) is 8.27. The fourth-order valence-corrected chi connectivity index (χ4v) is 3.23. The predicted molar refractivity (Wildman–Crippen MR) is 82.9 cm³/mol. The molecule has 0 bridgehead atoms. The number of benzene rings is 1. The molecule has 2 fully saturated rings. The van der Waals surface area contributed by atoms with E-state index in [4.69, 9.17) is 5.11 Å². The van der Waals surface area contributed by atoms with E-state index in [9.17, 15) is 27.2 Å². The number of halogens is 4. The average Bonchev–Trinajstić information content (AvgIpc) is 3.29. The Morgan fingerprint density at radius 1 is 1.23 bits per heavy atom. The van der Waals surface area contributed by atoms with Crippen LogP contribution in [-0.2, 0) is 11.3 Å². The van der Waals surface area contributed by atoms with Gasteiger partial charge in [0, 0.05) is 25.2 Å². The van der Waals surface area contributed by atoms with Crippen molar-refractivity contribution in [3.8, 4) is 0 Å². The second-order valence-electron chi connectivity index (χ2n) is 6.78. The number of carbonyl (C=O) groups is 2. The third kappa shape index (κ3) is 3.91. The normalized spacial score (nSPS) is 23.2. The molecule has 26 heavy (non-hydrogen) atoms. The van der Waals surface area contributed by atoms with Crippen LogP contribution in [0.1, 0.15) is 29.9 Å². The fourth-order valence-electron chi connectivity index (χ4n) is 3.23. The Morgan fingerprint density at radius 3 is 2.46 bits per heavy atom. The van der Waals surface area contributed by atoms with Gasteiger partial charge in [-0.3, -0.25) is 4.79 Å². The number of hydrogen-bond donors (Lipinski definition) is 2. The van der Waals surface area contributed by atoms with Crippen LogP contribution in [0.15, 0.2) is 18.2 Å². The summed E-state index contributed by atoms with van der Waals surface area (Å²) in [5.74, 6) is -5.51. The van der Waals surface area contributed by atoms with Crippen molar-refractivity contribution < 1.29 is 32.3 Å². The van der Waals surface area contributed by atoms with Gasteiger partial charge in [-0.15, -0.1) is 0 Å². The summed E-state index contributed by atoms with van der Waals surface area (Å²) in [7, 11) is 0. The average molecular weight is 374 g/mol. The smallest absolute Gasteiger partial charge is 0.394 e. The van der Waals surface area contributed by atoms with Crippen molar-refractivity contribution in [2.24, 2.45) is 11.8 Å². The Hall–Kier alpha value is -2.32. The monoisotopic (exact) mass is 374 g/mol. The topological polar surface area (TPSA) is 69.6 Å². The molecule has 0 unspecified atom stereocenters. The number of carboxylic acid groups (broad SMARTS) is 1. The molecule has 2 atom stereocenters. The second kappa shape index (κ2) is 6.77. The number of carboxylic acids is 1. The summed E-state index contributed by atoms with van der Waals surface area (Å²) in [6.07, 6.45) is -2.65. The molecule has 3 rings (SSSR count). The van der Waals surface area contributed by atoms with Gasteiger partial charge in [0.15, 0.2) is 0 Å². The zero-order valence-corrected chi connectivity index (χ0v) is 13.7. The number of hydrogen-bond acceptors (Lipinski definition) is 2. The van der Waals surface area contributed by atoms with E-state index >= 15 is 0 Å². The van der Waals surface area contributed by atoms with Gasteiger partial charge in [-0.25, -0.2) is 9.18 Å². The lowest BCUT2D eigenvalue weighted by Gasteiger charge is -2.19. The third-order valence-electron chi connectivity index (χ3n) is 4.89. The number of urea groups is 1. The molecule has 0 aromatic heterocycles. The minimum absolute atomic E-state index is 0.170. The molecular formula is C17H18F4N2O3. The molecule has 0 spiro atoms. The van der Waals surface area contributed by atoms with E-state index in [2.05, 4.69) is 5.32 Å². The van der Waals surface area contributed by atoms with E-state index in [1.165, 1.54) is 6.07 Å². The second-order valence-corrected chi connectivity index (χ2v) is 6.78. The molecule has 1 aromatic rings. The van der Waals surface area contributed by atoms with Crippen molar-refractivity contribution in [2.75, 3.05) is 13.1 Å². The van der Waals surface area contributed by atoms with Gasteiger partial charge in [-0.2, -0.15) is 13.2 Å². The molecule has 2 aliphatic rings. The number of alkyl halides is 3. The number of nitrogens with one attached hydrogen (secondary N) is 1. The molecule has 9 heteroatoms. The molecule has 1 aliphatic carbocycles. The van der Waals surface area contributed by atoms with Gasteiger partial charge in [0.25, 0.3) is 0 Å². The third-order valence-corrected chi connectivity index (χ3v) is 4.89. The SMILES string of the molecule is O=C(O)[C@@H]1CN(C(=O)NCc2cc(C3CC3)ccc2F)C[C@H]1C(F)(F)F. The largest absolute Gasteiger partial charge is 0.481 e. The molecule has 1 heterocycles. The summed E-state index contributed by atoms with van der Waals surface area (Å²) in [5, 5.41) is 11.4. The highest BCUT2D eigenvalue weighted by Gasteiger charge is 2.53. The van der Waals surface area contributed by atoms with Crippen LogP contribution in [0.5, 0.6) is 0 Å². The van der Waals surface area contributed by atoms with Crippen LogP contribution in [-0.4, -0.2) is 41.3 Å². The summed E-state index contributed by atoms with van der Waals surface area (Å²) >= 11 is 0. The maximum atomic E-state index is 13.9. The van der Waals surface area contributed by atoms with Gasteiger partial charge in [0.2, 0.25) is 0 Å². The lowest BCUT2D eigenvalue weighted by molar-refractivity contribution is -0.187. The van der Waals surface area contributed by atoms with E-state index in [1.54, 1.807) is 12.1 Å². The van der Waals surface area contributed by atoms with Crippen molar-refractivity contribution in [2.45, 2.75) is 31.5 Å². The Kier molecular flexibility index (Phi) is 4.81. The van der Waals surface area contributed by atoms with Crippen molar-refractivity contribution >= 4 is 12.0 Å². The Balaban J connectivity index is 1.63. The van der Waals surface area contributed by atoms with Crippen LogP contribution in [0.25, 0.3) is 0 Å². The maximum absolute atomic E-state index is 13.9. The summed E-state index contributed by atoms with van der Waals surface area (Å²) < 4.78 is 52.8. The van der Waals surface area contributed by atoms with Gasteiger partial charge in [0.05, 0.1) is 11.8 Å². The Morgan fingerprint density at radius 2 is 1.92 bits per heavy atom. The fraction of sp³-hybridized carbons (Fsp3) is 0.529. The van der Waals surface area contributed by atoms with Gasteiger partial charge < -0.3 is 15.3 Å². The highest BCUT2D eigenvalue weighted by atomic mass is 19.4. The molecular weight excluding hydrogens is 356 g/mol. The summed E-state index contributed by atoms with van der Waals surface area (Å²) in [4.78, 5) is 24.0. The molecule has 2 N–H and O–H groups in total. The minimum Gasteiger partial charge on any atom is -0.481 e. The van der Waals surface area contributed by atoms with Crippen molar-refractivity contribution in [1.29, 1.82) is 0 Å².